The SMILES string of the molecule is CCCOc1ccc(C(=O)N/N=C/c2ccc(OCc3ccccc3F)c(OCC)c2)cc1OCC. The Morgan fingerprint density at radius 1 is 0.861 bits per heavy atom. The van der Waals surface area contributed by atoms with Crippen LogP contribution in [0, 0.1) is 5.82 Å². The zero-order valence-corrected chi connectivity index (χ0v) is 20.8. The third kappa shape index (κ3) is 7.46. The van der Waals surface area contributed by atoms with Gasteiger partial charge >= 0.3 is 0 Å². The largest absolute Gasteiger partial charge is 0.490 e. The fraction of sp³-hybridized carbons (Fsp3) is 0.286. The Hall–Kier alpha value is -4.07. The van der Waals surface area contributed by atoms with E-state index < -0.39 is 0 Å². The molecule has 8 heteroatoms. The predicted octanol–water partition coefficient (Wildman–Crippen LogP) is 5.75. The van der Waals surface area contributed by atoms with Gasteiger partial charge in [-0.15, -0.1) is 0 Å². The van der Waals surface area contributed by atoms with Crippen molar-refractivity contribution in [1.82, 2.24) is 5.43 Å². The molecule has 0 aliphatic rings. The van der Waals surface area contributed by atoms with E-state index in [1.165, 1.54) is 12.3 Å². The van der Waals surface area contributed by atoms with Crippen molar-refractivity contribution < 1.29 is 28.1 Å². The number of hydrogen-bond acceptors (Lipinski definition) is 6. The van der Waals surface area contributed by atoms with Crippen LogP contribution < -0.4 is 24.4 Å². The molecule has 0 unspecified atom stereocenters. The van der Waals surface area contributed by atoms with Gasteiger partial charge in [-0.05, 0) is 68.3 Å². The molecule has 3 rings (SSSR count). The minimum absolute atomic E-state index is 0.0717. The lowest BCUT2D eigenvalue weighted by atomic mass is 10.2. The van der Waals surface area contributed by atoms with E-state index in [0.29, 0.717) is 59.5 Å². The van der Waals surface area contributed by atoms with E-state index in [0.717, 1.165) is 6.42 Å². The minimum atomic E-state index is -0.385. The van der Waals surface area contributed by atoms with Crippen LogP contribution in [0.2, 0.25) is 0 Å². The third-order valence-electron chi connectivity index (χ3n) is 4.96. The number of carbonyl (C=O) groups excluding carboxylic acids is 1. The molecule has 0 spiro atoms. The van der Waals surface area contributed by atoms with Crippen molar-refractivity contribution in [2.45, 2.75) is 33.8 Å². The van der Waals surface area contributed by atoms with Crippen molar-refractivity contribution in [1.29, 1.82) is 0 Å². The molecule has 0 saturated carbocycles. The maximum absolute atomic E-state index is 13.9. The molecule has 1 N–H and O–H groups in total. The third-order valence-corrected chi connectivity index (χ3v) is 4.96. The summed E-state index contributed by atoms with van der Waals surface area (Å²) >= 11 is 0. The number of nitrogens with zero attached hydrogens (tertiary/aromatic N) is 1. The second-order valence-corrected chi connectivity index (χ2v) is 7.66. The zero-order chi connectivity index (χ0) is 25.8. The van der Waals surface area contributed by atoms with Crippen LogP contribution in [0.4, 0.5) is 4.39 Å². The van der Waals surface area contributed by atoms with Gasteiger partial charge in [-0.1, -0.05) is 25.1 Å². The number of benzene rings is 3. The summed E-state index contributed by atoms with van der Waals surface area (Å²) in [6, 6.07) is 16.7. The summed E-state index contributed by atoms with van der Waals surface area (Å²) in [4.78, 5) is 12.6. The fourth-order valence-electron chi connectivity index (χ4n) is 3.24. The molecular weight excluding hydrogens is 463 g/mol. The van der Waals surface area contributed by atoms with Crippen molar-refractivity contribution in [3.8, 4) is 23.0 Å². The Morgan fingerprint density at radius 3 is 2.28 bits per heavy atom. The molecule has 0 radical (unpaired) electrons. The monoisotopic (exact) mass is 494 g/mol. The molecule has 0 heterocycles. The van der Waals surface area contributed by atoms with E-state index in [4.69, 9.17) is 18.9 Å². The summed E-state index contributed by atoms with van der Waals surface area (Å²) in [5, 5.41) is 4.06. The van der Waals surface area contributed by atoms with Crippen LogP contribution in [0.5, 0.6) is 23.0 Å². The van der Waals surface area contributed by atoms with E-state index in [1.54, 1.807) is 54.6 Å². The van der Waals surface area contributed by atoms with Gasteiger partial charge in [-0.2, -0.15) is 5.10 Å². The van der Waals surface area contributed by atoms with Crippen LogP contribution in [-0.4, -0.2) is 31.9 Å². The zero-order valence-electron chi connectivity index (χ0n) is 20.8. The standard InChI is InChI=1S/C28H31FN2O5/c1-4-15-35-24-14-12-21(17-27(24)34-6-3)28(32)31-30-18-20-11-13-25(26(16-20)33-5-2)36-19-22-9-7-8-10-23(22)29/h7-14,16-18H,4-6,15,19H2,1-3H3,(H,31,32)/b30-18+. The first-order valence-electron chi connectivity index (χ1n) is 11.9. The Bertz CT molecular complexity index is 1180. The predicted molar refractivity (Wildman–Crippen MR) is 137 cm³/mol. The van der Waals surface area contributed by atoms with Crippen molar-refractivity contribution in [3.63, 3.8) is 0 Å². The van der Waals surface area contributed by atoms with E-state index in [-0.39, 0.29) is 18.3 Å². The van der Waals surface area contributed by atoms with Gasteiger partial charge in [-0.3, -0.25) is 4.79 Å². The molecule has 36 heavy (non-hydrogen) atoms. The average Bonchev–Trinajstić information content (AvgIpc) is 2.88. The van der Waals surface area contributed by atoms with Gasteiger partial charge in [0, 0.05) is 11.1 Å². The van der Waals surface area contributed by atoms with Crippen LogP contribution in [0.3, 0.4) is 0 Å². The maximum atomic E-state index is 13.9. The van der Waals surface area contributed by atoms with Crippen LogP contribution >= 0.6 is 0 Å². The average molecular weight is 495 g/mol. The number of rotatable bonds is 13. The summed E-state index contributed by atoms with van der Waals surface area (Å²) < 4.78 is 36.6. The molecule has 0 aliphatic carbocycles. The van der Waals surface area contributed by atoms with E-state index in [9.17, 15) is 9.18 Å². The van der Waals surface area contributed by atoms with Crippen molar-refractivity contribution in [2.75, 3.05) is 19.8 Å². The first kappa shape index (κ1) is 26.5. The van der Waals surface area contributed by atoms with Crippen molar-refractivity contribution in [2.24, 2.45) is 5.10 Å². The lowest BCUT2D eigenvalue weighted by Gasteiger charge is -2.13. The molecule has 3 aromatic carbocycles. The van der Waals surface area contributed by atoms with Gasteiger partial charge in [0.15, 0.2) is 23.0 Å². The number of nitrogens with one attached hydrogen (secondary N) is 1. The lowest BCUT2D eigenvalue weighted by molar-refractivity contribution is 0.0954. The topological polar surface area (TPSA) is 78.4 Å². The van der Waals surface area contributed by atoms with Gasteiger partial charge in [-0.25, -0.2) is 9.82 Å². The summed E-state index contributed by atoms with van der Waals surface area (Å²) in [6.45, 7) is 7.25. The van der Waals surface area contributed by atoms with Crippen molar-refractivity contribution in [3.05, 3.63) is 83.2 Å². The first-order valence-corrected chi connectivity index (χ1v) is 11.9. The molecule has 0 saturated heterocycles. The molecule has 0 aromatic heterocycles. The number of ether oxygens (including phenoxy) is 4. The van der Waals surface area contributed by atoms with Crippen LogP contribution in [0.1, 0.15) is 48.7 Å². The number of hydrazone groups is 1. The molecule has 0 aliphatic heterocycles. The first-order chi connectivity index (χ1) is 17.5. The maximum Gasteiger partial charge on any atom is 0.271 e. The highest BCUT2D eigenvalue weighted by Crippen LogP contribution is 2.30. The molecule has 0 fully saturated rings. The van der Waals surface area contributed by atoms with E-state index in [1.807, 2.05) is 20.8 Å². The van der Waals surface area contributed by atoms with Crippen molar-refractivity contribution >= 4 is 12.1 Å². The summed E-state index contributed by atoms with van der Waals surface area (Å²) in [5.41, 5.74) is 4.05. The van der Waals surface area contributed by atoms with E-state index >= 15 is 0 Å². The Morgan fingerprint density at radius 2 is 1.56 bits per heavy atom. The highest BCUT2D eigenvalue weighted by atomic mass is 19.1. The number of halogens is 1. The van der Waals surface area contributed by atoms with E-state index in [2.05, 4.69) is 10.5 Å². The van der Waals surface area contributed by atoms with Gasteiger partial charge in [0.05, 0.1) is 26.0 Å². The number of hydrogen-bond donors (Lipinski definition) is 1. The molecule has 0 bridgehead atoms. The molecule has 7 nitrogen and oxygen atoms in total. The van der Waals surface area contributed by atoms with Gasteiger partial charge in [0.25, 0.3) is 5.91 Å². The smallest absolute Gasteiger partial charge is 0.271 e. The molecule has 3 aromatic rings. The van der Waals surface area contributed by atoms with Crippen LogP contribution in [0.25, 0.3) is 0 Å². The second-order valence-electron chi connectivity index (χ2n) is 7.66. The minimum Gasteiger partial charge on any atom is -0.490 e. The quantitative estimate of drug-likeness (QED) is 0.242. The number of amides is 1. The summed E-state index contributed by atoms with van der Waals surface area (Å²) in [6.07, 6.45) is 2.37. The normalized spacial score (nSPS) is 10.8. The second kappa shape index (κ2) is 13.7. The fourth-order valence-corrected chi connectivity index (χ4v) is 3.24. The Labute approximate surface area is 210 Å². The van der Waals surface area contributed by atoms with Gasteiger partial charge in [0.2, 0.25) is 0 Å². The summed E-state index contributed by atoms with van der Waals surface area (Å²) in [5.74, 6) is 1.37. The molecular formula is C28H31FN2O5. The highest BCUT2D eigenvalue weighted by Gasteiger charge is 2.12. The van der Waals surface area contributed by atoms with Crippen LogP contribution in [0.15, 0.2) is 65.8 Å². The van der Waals surface area contributed by atoms with Crippen LogP contribution in [-0.2, 0) is 6.61 Å². The summed E-state index contributed by atoms with van der Waals surface area (Å²) in [7, 11) is 0. The Kier molecular flexibility index (Phi) is 10.1. The number of carbonyl (C=O) groups is 1. The Balaban J connectivity index is 1.66. The highest BCUT2D eigenvalue weighted by molar-refractivity contribution is 5.95. The molecule has 0 atom stereocenters. The van der Waals surface area contributed by atoms with Gasteiger partial charge < -0.3 is 18.9 Å². The van der Waals surface area contributed by atoms with Gasteiger partial charge in [0.1, 0.15) is 12.4 Å². The lowest BCUT2D eigenvalue weighted by Crippen LogP contribution is -2.17. The molecule has 190 valence electrons. The molecule has 1 amide bonds.